The van der Waals surface area contributed by atoms with E-state index in [-0.39, 0.29) is 0 Å². The van der Waals surface area contributed by atoms with Crippen molar-refractivity contribution in [2.24, 2.45) is 5.73 Å². The summed E-state index contributed by atoms with van der Waals surface area (Å²) in [5.74, 6) is 0.804. The molecule has 0 radical (unpaired) electrons. The molecule has 0 saturated carbocycles. The van der Waals surface area contributed by atoms with E-state index in [2.05, 4.69) is 15.6 Å². The largest absolute Gasteiger partial charge is 0.494 e. The summed E-state index contributed by atoms with van der Waals surface area (Å²) in [4.78, 5) is 0. The molecule has 7 heteroatoms. The minimum atomic E-state index is 0.348. The second kappa shape index (κ2) is 4.73. The number of hydrogen-bond donors (Lipinski definition) is 2. The van der Waals surface area contributed by atoms with Crippen LogP contribution in [-0.4, -0.2) is 15.2 Å². The van der Waals surface area contributed by atoms with E-state index in [1.165, 1.54) is 0 Å². The van der Waals surface area contributed by atoms with Crippen LogP contribution in [0.1, 0.15) is 18.1 Å². The van der Waals surface area contributed by atoms with Crippen molar-refractivity contribution in [3.63, 3.8) is 0 Å². The minimum absolute atomic E-state index is 0.348. The number of halogens is 1. The van der Waals surface area contributed by atoms with E-state index in [9.17, 15) is 0 Å². The molecular weight excluding hydrogens is 252 g/mol. The third kappa shape index (κ3) is 2.33. The first-order chi connectivity index (χ1) is 8.49. The van der Waals surface area contributed by atoms with E-state index in [1.807, 2.05) is 19.9 Å². The van der Waals surface area contributed by atoms with Crippen LogP contribution < -0.4 is 11.5 Å². The number of aromatic nitrogens is 2. The quantitative estimate of drug-likeness (QED) is 0.850. The first-order valence-electron chi connectivity index (χ1n) is 5.39. The lowest BCUT2D eigenvalue weighted by molar-refractivity contribution is 0.424. The van der Waals surface area contributed by atoms with Crippen molar-refractivity contribution in [1.29, 1.82) is 0 Å². The third-order valence-electron chi connectivity index (χ3n) is 2.76. The third-order valence-corrected chi connectivity index (χ3v) is 3.12. The van der Waals surface area contributed by atoms with Crippen LogP contribution in [0.3, 0.4) is 0 Å². The summed E-state index contributed by atoms with van der Waals surface area (Å²) in [5, 5.41) is 9.67. The van der Waals surface area contributed by atoms with Crippen LogP contribution in [0, 0.1) is 6.92 Å². The summed E-state index contributed by atoms with van der Waals surface area (Å²) >= 11 is 5.94. The summed E-state index contributed by atoms with van der Waals surface area (Å²) in [6.07, 6.45) is 3.64. The molecule has 0 atom stereocenters. The molecule has 0 saturated heterocycles. The zero-order chi connectivity index (χ0) is 13.3. The highest BCUT2D eigenvalue weighted by atomic mass is 35.5. The average molecular weight is 266 g/mol. The first-order valence-corrected chi connectivity index (χ1v) is 5.77. The Morgan fingerprint density at radius 1 is 1.28 bits per heavy atom. The molecule has 18 heavy (non-hydrogen) atoms. The number of rotatable bonds is 2. The van der Waals surface area contributed by atoms with Gasteiger partial charge in [0.25, 0.3) is 0 Å². The Balaban J connectivity index is 2.28. The topological polar surface area (TPSA) is 95.2 Å². The first kappa shape index (κ1) is 12.5. The van der Waals surface area contributed by atoms with Gasteiger partial charge in [-0.1, -0.05) is 23.5 Å². The predicted molar refractivity (Wildman–Crippen MR) is 71.1 cm³/mol. The molecule has 4 N–H and O–H groups in total. The maximum absolute atomic E-state index is 5.94. The molecule has 2 rings (SSSR count). The van der Waals surface area contributed by atoms with Gasteiger partial charge in [-0.2, -0.15) is 0 Å². The molecule has 96 valence electrons. The lowest BCUT2D eigenvalue weighted by Crippen LogP contribution is -2.22. The Morgan fingerprint density at radius 2 is 2.00 bits per heavy atom. The smallest absolute Gasteiger partial charge is 0.155 e. The van der Waals surface area contributed by atoms with Gasteiger partial charge in [0.1, 0.15) is 0 Å². The summed E-state index contributed by atoms with van der Waals surface area (Å²) in [7, 11) is 0. The monoisotopic (exact) mass is 265 g/mol. The Labute approximate surface area is 110 Å². The van der Waals surface area contributed by atoms with Gasteiger partial charge in [-0.05, 0) is 25.5 Å². The van der Waals surface area contributed by atoms with E-state index < -0.39 is 0 Å². The van der Waals surface area contributed by atoms with Crippen molar-refractivity contribution in [2.45, 2.75) is 20.4 Å². The lowest BCUT2D eigenvalue weighted by Gasteiger charge is -2.36. The summed E-state index contributed by atoms with van der Waals surface area (Å²) in [6, 6.07) is 0. The normalized spacial score (nSPS) is 14.9. The van der Waals surface area contributed by atoms with Gasteiger partial charge in [-0.25, -0.2) is 0 Å². The standard InChI is InChI=1S/C11H14ClN6/c1-6-3-4-9(13)17-18(6)5-8-7(2)10(12)15-16-11(8)14/h3-4H,5,13H2,1-2H3,(H2,14,16)/q-1. The molecule has 0 unspecified atom stereocenters. The maximum Gasteiger partial charge on any atom is 0.155 e. The highest BCUT2D eigenvalue weighted by Gasteiger charge is 2.13. The summed E-state index contributed by atoms with van der Waals surface area (Å²) in [6.45, 7) is 4.25. The van der Waals surface area contributed by atoms with E-state index >= 15 is 0 Å². The molecule has 0 amide bonds. The number of nitrogens with two attached hydrogens (primary N) is 2. The lowest BCUT2D eigenvalue weighted by atomic mass is 10.1. The second-order valence-electron chi connectivity index (χ2n) is 4.04. The van der Waals surface area contributed by atoms with Crippen molar-refractivity contribution in [3.05, 3.63) is 45.4 Å². The SMILES string of the molecule is CC1=CC=C(N)[N-]N1Cc1c(N)nnc(Cl)c1C. The molecule has 0 bridgehead atoms. The van der Waals surface area contributed by atoms with Gasteiger partial charge in [-0.3, -0.25) is 0 Å². The van der Waals surface area contributed by atoms with Gasteiger partial charge < -0.3 is 21.9 Å². The highest BCUT2D eigenvalue weighted by Crippen LogP contribution is 2.27. The molecule has 6 nitrogen and oxygen atoms in total. The Bertz CT molecular complexity index is 537. The van der Waals surface area contributed by atoms with E-state index in [0.717, 1.165) is 16.8 Å². The van der Waals surface area contributed by atoms with E-state index in [1.54, 1.807) is 11.1 Å². The van der Waals surface area contributed by atoms with Crippen molar-refractivity contribution >= 4 is 17.4 Å². The van der Waals surface area contributed by atoms with Crippen molar-refractivity contribution in [1.82, 2.24) is 15.2 Å². The fraction of sp³-hybridized carbons (Fsp3) is 0.273. The van der Waals surface area contributed by atoms with Gasteiger partial charge in [-0.15, -0.1) is 10.2 Å². The number of hydrogen-bond acceptors (Lipinski definition) is 5. The molecule has 1 aromatic heterocycles. The summed E-state index contributed by atoms with van der Waals surface area (Å²) in [5.41, 5.74) is 18.3. The summed E-state index contributed by atoms with van der Waals surface area (Å²) < 4.78 is 0. The molecule has 1 aliphatic heterocycles. The van der Waals surface area contributed by atoms with Gasteiger partial charge in [0.2, 0.25) is 0 Å². The average Bonchev–Trinajstić information content (AvgIpc) is 2.34. The minimum Gasteiger partial charge on any atom is -0.494 e. The number of anilines is 1. The van der Waals surface area contributed by atoms with Crippen LogP contribution in [0.25, 0.3) is 5.43 Å². The molecule has 1 aromatic rings. The molecular formula is C11H14ClN6-. The van der Waals surface area contributed by atoms with Gasteiger partial charge in [0.15, 0.2) is 11.0 Å². The maximum atomic E-state index is 5.94. The van der Waals surface area contributed by atoms with Crippen LogP contribution >= 0.6 is 11.6 Å². The predicted octanol–water partition coefficient (Wildman–Crippen LogP) is 1.83. The van der Waals surface area contributed by atoms with Crippen molar-refractivity contribution in [2.75, 3.05) is 5.73 Å². The van der Waals surface area contributed by atoms with Crippen LogP contribution in [-0.2, 0) is 6.54 Å². The van der Waals surface area contributed by atoms with Gasteiger partial charge in [0.05, 0.1) is 6.54 Å². The number of nitrogens with zero attached hydrogens (tertiary/aromatic N) is 4. The zero-order valence-electron chi connectivity index (χ0n) is 10.2. The molecule has 0 aliphatic carbocycles. The van der Waals surface area contributed by atoms with Crippen LogP contribution in [0.5, 0.6) is 0 Å². The number of nitrogen functional groups attached to an aromatic ring is 1. The molecule has 2 heterocycles. The highest BCUT2D eigenvalue weighted by molar-refractivity contribution is 6.30. The van der Waals surface area contributed by atoms with E-state index in [0.29, 0.717) is 23.3 Å². The Hall–Kier alpha value is -1.95. The van der Waals surface area contributed by atoms with Crippen molar-refractivity contribution < 1.29 is 0 Å². The second-order valence-corrected chi connectivity index (χ2v) is 4.39. The van der Waals surface area contributed by atoms with Crippen molar-refractivity contribution in [3.8, 4) is 0 Å². The number of allylic oxidation sites excluding steroid dienone is 3. The fourth-order valence-corrected chi connectivity index (χ4v) is 1.75. The van der Waals surface area contributed by atoms with Gasteiger partial charge >= 0.3 is 0 Å². The Kier molecular flexibility index (Phi) is 3.29. The zero-order valence-corrected chi connectivity index (χ0v) is 10.9. The Morgan fingerprint density at radius 3 is 2.72 bits per heavy atom. The molecule has 0 aromatic carbocycles. The van der Waals surface area contributed by atoms with Crippen LogP contribution in [0.2, 0.25) is 5.15 Å². The van der Waals surface area contributed by atoms with Crippen LogP contribution in [0.15, 0.2) is 23.7 Å². The van der Waals surface area contributed by atoms with Crippen LogP contribution in [0.4, 0.5) is 5.82 Å². The molecule has 0 fully saturated rings. The molecule has 0 spiro atoms. The van der Waals surface area contributed by atoms with Gasteiger partial charge in [0, 0.05) is 11.3 Å². The fourth-order valence-electron chi connectivity index (χ4n) is 1.60. The molecule has 1 aliphatic rings. The van der Waals surface area contributed by atoms with E-state index in [4.69, 9.17) is 23.1 Å².